The Kier molecular flexibility index (Phi) is 24.7. The third-order valence-corrected chi connectivity index (χ3v) is 16.0. The number of nitrogens with zero attached hydrogens (tertiary/aromatic N) is 2. The first-order valence-corrected chi connectivity index (χ1v) is 26.4. The van der Waals surface area contributed by atoms with Crippen LogP contribution in [0.3, 0.4) is 0 Å². The van der Waals surface area contributed by atoms with Crippen LogP contribution < -0.4 is 0 Å². The van der Waals surface area contributed by atoms with E-state index in [-0.39, 0.29) is 61.4 Å². The van der Waals surface area contributed by atoms with E-state index in [2.05, 4.69) is 49.8 Å². The second-order valence-electron chi connectivity index (χ2n) is 22.2. The smallest absolute Gasteiger partial charge is 0.309 e. The summed E-state index contributed by atoms with van der Waals surface area (Å²) >= 11 is 1.56. The monoisotopic (exact) mass is 1010 g/mol. The van der Waals surface area contributed by atoms with E-state index in [1.807, 2.05) is 66.0 Å². The van der Waals surface area contributed by atoms with Crippen molar-refractivity contribution in [2.45, 2.75) is 207 Å². The lowest BCUT2D eigenvalue weighted by molar-refractivity contribution is -0.156. The maximum Gasteiger partial charge on any atom is 0.309 e. The minimum Gasteiger partial charge on any atom is -0.457 e. The summed E-state index contributed by atoms with van der Waals surface area (Å²) in [7, 11) is 0. The molecule has 12 atom stereocenters. The number of allylic oxidation sites excluding steroid dienone is 2. The van der Waals surface area contributed by atoms with Gasteiger partial charge >= 0.3 is 11.9 Å². The van der Waals surface area contributed by atoms with Crippen LogP contribution in [0, 0.1) is 66.1 Å². The number of aliphatic hydroxyl groups excluding tert-OH is 3. The van der Waals surface area contributed by atoms with Crippen LogP contribution in [0.15, 0.2) is 50.5 Å². The maximum atomic E-state index is 13.4. The topological polar surface area (TPSA) is 186 Å². The highest BCUT2D eigenvalue weighted by molar-refractivity contribution is 7.09. The van der Waals surface area contributed by atoms with Crippen molar-refractivity contribution < 1.29 is 48.4 Å². The third-order valence-electron chi connectivity index (χ3n) is 15.2. The number of cyclic esters (lactones) is 2. The average molecular weight is 1010 g/mol. The number of carbonyl (C=O) groups excluding carboxylic acids is 4. The molecule has 2 aromatic heterocycles. The van der Waals surface area contributed by atoms with E-state index < -0.39 is 59.2 Å². The predicted molar refractivity (Wildman–Crippen MR) is 286 cm³/mol. The van der Waals surface area contributed by atoms with Crippen LogP contribution in [0.25, 0.3) is 12.2 Å². The lowest BCUT2D eigenvalue weighted by Gasteiger charge is -2.35. The molecule has 0 aromatic carbocycles. The number of hydrogen-bond acceptors (Lipinski definition) is 13. The van der Waals surface area contributed by atoms with Crippen LogP contribution in [0.1, 0.15) is 185 Å². The summed E-state index contributed by atoms with van der Waals surface area (Å²) in [6.45, 7) is 32.5. The Labute approximate surface area is 431 Å². The molecular formula is C58H92N2O10S. The molecule has 4 rings (SSSR count). The summed E-state index contributed by atoms with van der Waals surface area (Å²) in [5.74, 6) is -1.26. The fraction of sp³-hybridized carbons (Fsp3) is 0.690. The van der Waals surface area contributed by atoms with Crippen LogP contribution in [0.5, 0.6) is 0 Å². The second kappa shape index (κ2) is 27.9. The zero-order valence-corrected chi connectivity index (χ0v) is 46.4. The van der Waals surface area contributed by atoms with E-state index in [0.29, 0.717) is 17.5 Å². The molecule has 4 heterocycles. The van der Waals surface area contributed by atoms with Crippen molar-refractivity contribution in [1.82, 2.24) is 9.97 Å². The van der Waals surface area contributed by atoms with E-state index in [1.165, 1.54) is 11.1 Å². The van der Waals surface area contributed by atoms with Gasteiger partial charge < -0.3 is 29.2 Å². The number of esters is 2. The number of hydrogen-bond donors (Lipinski definition) is 3. The number of ether oxygens (including phenoxy) is 2. The van der Waals surface area contributed by atoms with Crippen molar-refractivity contribution in [2.24, 2.45) is 52.3 Å². The maximum absolute atomic E-state index is 13.4. The number of aryl methyl sites for hydroxylation is 2. The molecule has 2 aliphatic rings. The number of thiazole rings is 1. The number of oxazole rings is 1. The normalized spacial score (nSPS) is 33.2. The number of aliphatic hydroxyl groups is 3. The second-order valence-corrected chi connectivity index (χ2v) is 23.3. The number of aromatic nitrogens is 2. The molecule has 2 aromatic rings. The molecule has 400 valence electrons. The van der Waals surface area contributed by atoms with E-state index in [4.69, 9.17) is 13.9 Å². The SMILES string of the molecule is C.C/C1=C/[C@H](C)[C@@H](/C(C)=C/c2coc(C)n2)OC(=O)C[C@H](O)C(C)(C)C(=O)[C@H](C)[C@@H](C)[C@@H](C)CCC1.C/C1=C/[C@H](C)[C@@H](/C(C)=C/c2csc(C)n2)OC(=O)C[C@H](O)C(C)(C)C(=O)[C@H](C)[C@@H](O)[C@@H](C)CCC1. The highest BCUT2D eigenvalue weighted by Gasteiger charge is 2.44. The highest BCUT2D eigenvalue weighted by atomic mass is 32.1. The number of Topliss-reactive ketones (excluding diaryl/α,β-unsaturated/α-hetero) is 2. The fourth-order valence-corrected chi connectivity index (χ4v) is 10.5. The van der Waals surface area contributed by atoms with Crippen LogP contribution in [-0.4, -0.2) is 79.3 Å². The fourth-order valence-electron chi connectivity index (χ4n) is 9.92. The minimum atomic E-state index is -1.22. The molecule has 0 saturated heterocycles. The largest absolute Gasteiger partial charge is 0.457 e. The molecule has 0 bridgehead atoms. The first-order chi connectivity index (χ1) is 32.5. The predicted octanol–water partition coefficient (Wildman–Crippen LogP) is 12.5. The quantitative estimate of drug-likeness (QED) is 0.195. The Morgan fingerprint density at radius 1 is 0.662 bits per heavy atom. The van der Waals surface area contributed by atoms with Crippen molar-refractivity contribution in [3.05, 3.63) is 68.4 Å². The zero-order valence-electron chi connectivity index (χ0n) is 45.6. The highest BCUT2D eigenvalue weighted by Crippen LogP contribution is 2.37. The van der Waals surface area contributed by atoms with E-state index in [1.54, 1.807) is 59.1 Å². The van der Waals surface area contributed by atoms with E-state index in [9.17, 15) is 34.5 Å². The molecule has 71 heavy (non-hydrogen) atoms. The van der Waals surface area contributed by atoms with Crippen LogP contribution in [0.2, 0.25) is 0 Å². The van der Waals surface area contributed by atoms with Gasteiger partial charge in [-0.1, -0.05) is 113 Å². The van der Waals surface area contributed by atoms with Gasteiger partial charge in [-0.25, -0.2) is 9.97 Å². The summed E-state index contributed by atoms with van der Waals surface area (Å²) in [5, 5.41) is 35.6. The Morgan fingerprint density at radius 3 is 1.52 bits per heavy atom. The third kappa shape index (κ3) is 18.1. The zero-order chi connectivity index (χ0) is 53.0. The molecule has 13 heteroatoms. The van der Waals surface area contributed by atoms with Gasteiger partial charge in [0.1, 0.15) is 35.7 Å². The van der Waals surface area contributed by atoms with Crippen LogP contribution in [0.4, 0.5) is 0 Å². The summed E-state index contributed by atoms with van der Waals surface area (Å²) < 4.78 is 17.2. The molecule has 0 unspecified atom stereocenters. The van der Waals surface area contributed by atoms with Crippen molar-refractivity contribution >= 4 is 47.0 Å². The first-order valence-electron chi connectivity index (χ1n) is 25.5. The van der Waals surface area contributed by atoms with Gasteiger partial charge in [-0.15, -0.1) is 11.3 Å². The molecule has 0 amide bonds. The summed E-state index contributed by atoms with van der Waals surface area (Å²) in [6, 6.07) is 0. The molecule has 2 aliphatic heterocycles. The van der Waals surface area contributed by atoms with Gasteiger partial charge in [-0.2, -0.15) is 0 Å². The van der Waals surface area contributed by atoms with Gasteiger partial charge in [0.05, 0.1) is 52.7 Å². The van der Waals surface area contributed by atoms with Gasteiger partial charge in [-0.3, -0.25) is 19.2 Å². The van der Waals surface area contributed by atoms with E-state index >= 15 is 0 Å². The van der Waals surface area contributed by atoms with E-state index in [0.717, 1.165) is 60.4 Å². The Hall–Kier alpha value is -4.04. The number of ketones is 2. The van der Waals surface area contributed by atoms with Gasteiger partial charge in [0, 0.05) is 36.0 Å². The van der Waals surface area contributed by atoms with Crippen molar-refractivity contribution in [3.8, 4) is 0 Å². The number of rotatable bonds is 4. The molecule has 0 spiro atoms. The van der Waals surface area contributed by atoms with Gasteiger partial charge in [-0.05, 0) is 108 Å². The Morgan fingerprint density at radius 2 is 1.10 bits per heavy atom. The molecule has 12 nitrogen and oxygen atoms in total. The van der Waals surface area contributed by atoms with Crippen LogP contribution >= 0.6 is 11.3 Å². The van der Waals surface area contributed by atoms with Crippen molar-refractivity contribution in [3.63, 3.8) is 0 Å². The van der Waals surface area contributed by atoms with Crippen LogP contribution in [-0.2, 0) is 28.7 Å². The summed E-state index contributed by atoms with van der Waals surface area (Å²) in [6.07, 6.45) is 10.5. The Balaban J connectivity index is 0.000000480. The lowest BCUT2D eigenvalue weighted by Crippen LogP contribution is -2.45. The Bertz CT molecular complexity index is 2040. The molecule has 0 saturated carbocycles. The summed E-state index contributed by atoms with van der Waals surface area (Å²) in [4.78, 5) is 61.4. The molecule has 3 N–H and O–H groups in total. The average Bonchev–Trinajstić information content (AvgIpc) is 3.90. The molecule has 0 radical (unpaired) electrons. The van der Waals surface area contributed by atoms with Gasteiger partial charge in [0.15, 0.2) is 5.89 Å². The van der Waals surface area contributed by atoms with Gasteiger partial charge in [0.2, 0.25) is 0 Å². The summed E-state index contributed by atoms with van der Waals surface area (Å²) in [5.41, 5.74) is 3.40. The number of carbonyl (C=O) groups is 4. The molecule has 0 fully saturated rings. The van der Waals surface area contributed by atoms with Gasteiger partial charge in [0.25, 0.3) is 0 Å². The van der Waals surface area contributed by atoms with Crippen molar-refractivity contribution in [1.29, 1.82) is 0 Å². The standard InChI is InChI=1S/C29H45NO5.C28H43NO5S.CH4/c1-17-11-10-12-18(2)21(5)22(6)28(33)29(8,9)25(31)15-26(32)35-27(19(3)13-17)20(4)14-24-16-34-23(7)30-24;1-16-10-9-11-17(2)25(32)20(5)27(33)28(7,8)23(30)14-24(31)34-26(18(3)12-16)19(4)13-22-15-35-21(6)29-22;/h13-14,16,18-19,21-22,25,27,31H,10-12,15H2,1-9H3;12-13,15,17-18,20,23,25-26,30,32H,9-11,14H2,1-8H3;1H4/b17-13-,20-14+;16-12-,19-13+;/t18-,19-,21-,22+,25-,27-;17-,18-,20+,23-,25-,26-;/m00./s1. The first kappa shape index (κ1) is 63.1. The molecule has 0 aliphatic carbocycles. The van der Waals surface area contributed by atoms with Crippen molar-refractivity contribution in [2.75, 3.05) is 0 Å². The minimum absolute atomic E-state index is 0. The lowest BCUT2D eigenvalue weighted by atomic mass is 9.70. The molecular weight excluding hydrogens is 917 g/mol.